The fraction of sp³-hybridized carbons (Fsp3) is 0.273. The summed E-state index contributed by atoms with van der Waals surface area (Å²) in [5.74, 6) is 0.0178. The Bertz CT molecular complexity index is 805. The molecule has 2 aromatic rings. The summed E-state index contributed by atoms with van der Waals surface area (Å²) in [6.07, 6.45) is 9.98. The van der Waals surface area contributed by atoms with E-state index in [0.717, 1.165) is 35.4 Å². The monoisotopic (exact) mass is 366 g/mol. The molecule has 0 saturated heterocycles. The molecular weight excluding hydrogens is 340 g/mol. The fourth-order valence-electron chi connectivity index (χ4n) is 2.63. The fourth-order valence-corrected chi connectivity index (χ4v) is 2.63. The molecule has 0 spiro atoms. The van der Waals surface area contributed by atoms with Crippen molar-refractivity contribution in [3.8, 4) is 0 Å². The molecule has 27 heavy (non-hydrogen) atoms. The summed E-state index contributed by atoms with van der Waals surface area (Å²) < 4.78 is 5.94. The highest BCUT2D eigenvalue weighted by Crippen LogP contribution is 2.17. The van der Waals surface area contributed by atoms with Crippen LogP contribution in [0.1, 0.15) is 43.0 Å². The number of carbonyl (C=O) groups is 1. The third kappa shape index (κ3) is 6.98. The molecule has 5 heteroatoms. The molecule has 142 valence electrons. The minimum atomic E-state index is -0.743. The number of unbranched alkanes of at least 4 members (excludes halogenated alkanes) is 1. The van der Waals surface area contributed by atoms with E-state index in [1.54, 1.807) is 6.20 Å². The number of H-pyrrole nitrogens is 1. The van der Waals surface area contributed by atoms with Crippen LogP contribution in [0.4, 0.5) is 0 Å². The number of carboxylic acid groups (broad SMARTS) is 1. The number of carboxylic acids is 1. The van der Waals surface area contributed by atoms with Gasteiger partial charge in [0, 0.05) is 12.6 Å². The number of hydrogen-bond acceptors (Lipinski definition) is 3. The Balaban J connectivity index is 1.90. The van der Waals surface area contributed by atoms with Gasteiger partial charge in [-0.25, -0.2) is 0 Å². The Labute approximate surface area is 160 Å². The van der Waals surface area contributed by atoms with Gasteiger partial charge in [-0.15, -0.1) is 0 Å². The van der Waals surface area contributed by atoms with E-state index in [9.17, 15) is 4.79 Å². The molecule has 0 aliphatic carbocycles. The SMILES string of the molecule is C=C(/C=C\C(=C/C)OCc1ccccc1CCCCC(=O)O)c1ccn[nH]1. The predicted octanol–water partition coefficient (Wildman–Crippen LogP) is 4.90. The second kappa shape index (κ2) is 10.8. The average Bonchev–Trinajstić information content (AvgIpc) is 3.20. The van der Waals surface area contributed by atoms with Crippen molar-refractivity contribution in [2.75, 3.05) is 0 Å². The van der Waals surface area contributed by atoms with Crippen molar-refractivity contribution in [1.29, 1.82) is 0 Å². The zero-order chi connectivity index (χ0) is 19.5. The Hall–Kier alpha value is -3.08. The van der Waals surface area contributed by atoms with Crippen LogP contribution in [-0.2, 0) is 22.6 Å². The van der Waals surface area contributed by atoms with E-state index in [0.29, 0.717) is 13.0 Å². The maximum absolute atomic E-state index is 10.6. The molecule has 1 heterocycles. The lowest BCUT2D eigenvalue weighted by molar-refractivity contribution is -0.137. The van der Waals surface area contributed by atoms with Crippen molar-refractivity contribution < 1.29 is 14.6 Å². The molecule has 1 aromatic heterocycles. The highest BCUT2D eigenvalue weighted by molar-refractivity contribution is 5.69. The molecular formula is C22H26N2O3. The number of hydrogen-bond donors (Lipinski definition) is 2. The number of aliphatic carboxylic acids is 1. The van der Waals surface area contributed by atoms with Crippen molar-refractivity contribution in [3.05, 3.63) is 83.9 Å². The van der Waals surface area contributed by atoms with Crippen LogP contribution in [0.2, 0.25) is 0 Å². The van der Waals surface area contributed by atoms with E-state index in [1.807, 2.05) is 49.4 Å². The third-order valence-electron chi connectivity index (χ3n) is 4.18. The van der Waals surface area contributed by atoms with Gasteiger partial charge >= 0.3 is 5.97 Å². The van der Waals surface area contributed by atoms with Gasteiger partial charge < -0.3 is 9.84 Å². The van der Waals surface area contributed by atoms with E-state index in [4.69, 9.17) is 9.84 Å². The largest absolute Gasteiger partial charge is 0.489 e. The standard InChI is InChI=1S/C22H26N2O3/c1-3-20(13-12-17(2)21-14-15-23-24-21)27-16-19-10-5-4-8-18(19)9-6-7-11-22(25)26/h3-5,8,10,12-15H,2,6-7,9,11,16H2,1H3,(H,23,24)(H,25,26)/b13-12-,20-3+. The first-order chi connectivity index (χ1) is 13.1. The van der Waals surface area contributed by atoms with Gasteiger partial charge in [0.1, 0.15) is 12.4 Å². The van der Waals surface area contributed by atoms with Crippen LogP contribution in [0.5, 0.6) is 0 Å². The second-order valence-electron chi connectivity index (χ2n) is 6.18. The van der Waals surface area contributed by atoms with Crippen LogP contribution in [0, 0.1) is 0 Å². The molecule has 0 saturated carbocycles. The van der Waals surface area contributed by atoms with E-state index in [2.05, 4.69) is 22.8 Å². The lowest BCUT2D eigenvalue weighted by Gasteiger charge is -2.11. The maximum atomic E-state index is 10.6. The van der Waals surface area contributed by atoms with Gasteiger partial charge in [0.2, 0.25) is 0 Å². The highest BCUT2D eigenvalue weighted by Gasteiger charge is 2.05. The Morgan fingerprint density at radius 2 is 2.00 bits per heavy atom. The van der Waals surface area contributed by atoms with Crippen molar-refractivity contribution in [2.24, 2.45) is 0 Å². The van der Waals surface area contributed by atoms with Gasteiger partial charge in [0.25, 0.3) is 0 Å². The molecule has 0 fully saturated rings. The zero-order valence-corrected chi connectivity index (χ0v) is 15.6. The van der Waals surface area contributed by atoms with Crippen LogP contribution >= 0.6 is 0 Å². The van der Waals surface area contributed by atoms with Crippen LogP contribution in [0.25, 0.3) is 5.57 Å². The summed E-state index contributed by atoms with van der Waals surface area (Å²) in [6, 6.07) is 9.98. The first-order valence-corrected chi connectivity index (χ1v) is 9.04. The Kier molecular flexibility index (Phi) is 8.10. The molecule has 5 nitrogen and oxygen atoms in total. The van der Waals surface area contributed by atoms with Crippen molar-refractivity contribution in [2.45, 2.75) is 39.2 Å². The number of aryl methyl sites for hydroxylation is 1. The zero-order valence-electron chi connectivity index (χ0n) is 15.6. The van der Waals surface area contributed by atoms with Gasteiger partial charge in [-0.1, -0.05) is 30.8 Å². The molecule has 0 atom stereocenters. The summed E-state index contributed by atoms with van der Waals surface area (Å²) in [7, 11) is 0. The number of aromatic amines is 1. The quantitative estimate of drug-likeness (QED) is 0.337. The van der Waals surface area contributed by atoms with Crippen LogP contribution in [0.15, 0.2) is 67.1 Å². The Morgan fingerprint density at radius 1 is 1.22 bits per heavy atom. The van der Waals surface area contributed by atoms with E-state index < -0.39 is 5.97 Å². The lowest BCUT2D eigenvalue weighted by atomic mass is 10.0. The number of nitrogens with one attached hydrogen (secondary N) is 1. The van der Waals surface area contributed by atoms with Gasteiger partial charge in [0.15, 0.2) is 0 Å². The summed E-state index contributed by atoms with van der Waals surface area (Å²) in [6.45, 7) is 6.40. The van der Waals surface area contributed by atoms with Crippen LogP contribution < -0.4 is 0 Å². The summed E-state index contributed by atoms with van der Waals surface area (Å²) in [5, 5.41) is 15.5. The summed E-state index contributed by atoms with van der Waals surface area (Å²) in [5.41, 5.74) is 4.01. The number of aromatic nitrogens is 2. The number of rotatable bonds is 11. The van der Waals surface area contributed by atoms with Gasteiger partial charge in [-0.05, 0) is 67.2 Å². The Morgan fingerprint density at radius 3 is 2.67 bits per heavy atom. The minimum Gasteiger partial charge on any atom is -0.489 e. The maximum Gasteiger partial charge on any atom is 0.303 e. The topological polar surface area (TPSA) is 75.2 Å². The smallest absolute Gasteiger partial charge is 0.303 e. The number of benzene rings is 1. The summed E-state index contributed by atoms with van der Waals surface area (Å²) >= 11 is 0. The first kappa shape index (κ1) is 20.2. The molecule has 0 aliphatic rings. The summed E-state index contributed by atoms with van der Waals surface area (Å²) in [4.78, 5) is 10.6. The van der Waals surface area contributed by atoms with Crippen LogP contribution in [0.3, 0.4) is 0 Å². The molecule has 0 unspecified atom stereocenters. The highest BCUT2D eigenvalue weighted by atomic mass is 16.5. The second-order valence-corrected chi connectivity index (χ2v) is 6.18. The minimum absolute atomic E-state index is 0.215. The molecule has 1 aromatic carbocycles. The number of nitrogens with zero attached hydrogens (tertiary/aromatic N) is 1. The third-order valence-corrected chi connectivity index (χ3v) is 4.18. The number of allylic oxidation sites excluding steroid dienone is 4. The van der Waals surface area contributed by atoms with Gasteiger partial charge in [-0.3, -0.25) is 9.89 Å². The van der Waals surface area contributed by atoms with Gasteiger partial charge in [-0.2, -0.15) is 5.10 Å². The van der Waals surface area contributed by atoms with Crippen molar-refractivity contribution in [1.82, 2.24) is 10.2 Å². The predicted molar refractivity (Wildman–Crippen MR) is 107 cm³/mol. The van der Waals surface area contributed by atoms with E-state index >= 15 is 0 Å². The number of ether oxygens (including phenoxy) is 1. The molecule has 2 rings (SSSR count). The van der Waals surface area contributed by atoms with Crippen molar-refractivity contribution >= 4 is 11.5 Å². The molecule has 0 aliphatic heterocycles. The molecule has 0 bridgehead atoms. The van der Waals surface area contributed by atoms with Gasteiger partial charge in [0.05, 0.1) is 5.69 Å². The lowest BCUT2D eigenvalue weighted by Crippen LogP contribution is -1.99. The van der Waals surface area contributed by atoms with E-state index in [1.165, 1.54) is 5.56 Å². The normalized spacial score (nSPS) is 11.7. The van der Waals surface area contributed by atoms with Crippen LogP contribution in [-0.4, -0.2) is 21.3 Å². The first-order valence-electron chi connectivity index (χ1n) is 9.04. The molecule has 0 amide bonds. The average molecular weight is 366 g/mol. The molecule has 2 N–H and O–H groups in total. The molecule has 0 radical (unpaired) electrons. The van der Waals surface area contributed by atoms with E-state index in [-0.39, 0.29) is 6.42 Å². The van der Waals surface area contributed by atoms with Crippen molar-refractivity contribution in [3.63, 3.8) is 0 Å².